The van der Waals surface area contributed by atoms with Gasteiger partial charge in [0.15, 0.2) is 5.65 Å². The third-order valence-corrected chi connectivity index (χ3v) is 4.87. The molecule has 4 heterocycles. The summed E-state index contributed by atoms with van der Waals surface area (Å²) in [5, 5.41) is 4.37. The molecule has 0 aliphatic heterocycles. The zero-order chi connectivity index (χ0) is 21.2. The third-order valence-electron chi connectivity index (χ3n) is 4.87. The molecule has 5 rings (SSSR count). The zero-order valence-electron chi connectivity index (χ0n) is 16.2. The highest BCUT2D eigenvalue weighted by molar-refractivity contribution is 6.11. The van der Waals surface area contributed by atoms with Gasteiger partial charge >= 0.3 is 0 Å². The summed E-state index contributed by atoms with van der Waals surface area (Å²) in [6.07, 6.45) is 6.25. The molecule has 0 unspecified atom stereocenters. The second kappa shape index (κ2) is 7.72. The van der Waals surface area contributed by atoms with Crippen molar-refractivity contribution in [3.63, 3.8) is 0 Å². The summed E-state index contributed by atoms with van der Waals surface area (Å²) in [7, 11) is 0. The van der Waals surface area contributed by atoms with Crippen molar-refractivity contribution in [2.45, 2.75) is 0 Å². The molecule has 0 fully saturated rings. The van der Waals surface area contributed by atoms with Crippen molar-refractivity contribution in [2.24, 2.45) is 0 Å². The highest BCUT2D eigenvalue weighted by Crippen LogP contribution is 2.23. The van der Waals surface area contributed by atoms with Crippen molar-refractivity contribution in [2.75, 3.05) is 0 Å². The molecule has 0 atom stereocenters. The van der Waals surface area contributed by atoms with Crippen molar-refractivity contribution >= 4 is 17.2 Å². The normalized spacial score (nSPS) is 10.8. The molecular formula is C24H15N5O2. The standard InChI is InChI=1S/C24H15N5O2/c30-22(16-6-2-1-3-7-16)20-14-17(9-12-26-20)21-10-13-27-24-18(15-28-29(21)24)23(31)19-8-4-5-11-25-19/h1-15H. The van der Waals surface area contributed by atoms with Gasteiger partial charge in [0.2, 0.25) is 11.6 Å². The third kappa shape index (κ3) is 3.38. The minimum absolute atomic E-state index is 0.167. The van der Waals surface area contributed by atoms with E-state index in [-0.39, 0.29) is 11.6 Å². The lowest BCUT2D eigenvalue weighted by molar-refractivity contribution is 0.102. The molecule has 5 aromatic rings. The van der Waals surface area contributed by atoms with E-state index in [1.54, 1.807) is 71.6 Å². The van der Waals surface area contributed by atoms with Crippen LogP contribution in [0, 0.1) is 0 Å². The van der Waals surface area contributed by atoms with Crippen LogP contribution in [-0.2, 0) is 0 Å². The number of pyridine rings is 2. The summed E-state index contributed by atoms with van der Waals surface area (Å²) in [4.78, 5) is 38.4. The minimum Gasteiger partial charge on any atom is -0.287 e. The van der Waals surface area contributed by atoms with Gasteiger partial charge in [-0.3, -0.25) is 19.6 Å². The van der Waals surface area contributed by atoms with Gasteiger partial charge in [0.25, 0.3) is 0 Å². The Balaban J connectivity index is 1.57. The quantitative estimate of drug-likeness (QED) is 0.415. The van der Waals surface area contributed by atoms with Gasteiger partial charge in [0.05, 0.1) is 17.5 Å². The van der Waals surface area contributed by atoms with Crippen LogP contribution in [0.15, 0.2) is 91.5 Å². The van der Waals surface area contributed by atoms with E-state index in [2.05, 4.69) is 20.1 Å². The average Bonchev–Trinajstić information content (AvgIpc) is 3.28. The number of ketones is 2. The maximum Gasteiger partial charge on any atom is 0.216 e. The predicted octanol–water partition coefficient (Wildman–Crippen LogP) is 3.65. The Morgan fingerprint density at radius 1 is 0.710 bits per heavy atom. The molecule has 1 aromatic carbocycles. The van der Waals surface area contributed by atoms with Crippen LogP contribution in [0.2, 0.25) is 0 Å². The summed E-state index contributed by atoms with van der Waals surface area (Å²) >= 11 is 0. The van der Waals surface area contributed by atoms with Crippen LogP contribution < -0.4 is 0 Å². The van der Waals surface area contributed by atoms with Crippen molar-refractivity contribution in [1.29, 1.82) is 0 Å². The van der Waals surface area contributed by atoms with Crippen LogP contribution in [0.4, 0.5) is 0 Å². The fraction of sp³-hybridized carbons (Fsp3) is 0. The Hall–Kier alpha value is -4.52. The Kier molecular flexibility index (Phi) is 4.61. The van der Waals surface area contributed by atoms with Gasteiger partial charge in [-0.2, -0.15) is 5.10 Å². The molecule has 0 amide bonds. The maximum absolute atomic E-state index is 12.9. The average molecular weight is 405 g/mol. The van der Waals surface area contributed by atoms with E-state index in [1.807, 2.05) is 18.2 Å². The number of rotatable bonds is 5. The maximum atomic E-state index is 12.9. The van der Waals surface area contributed by atoms with Crippen LogP contribution in [0.3, 0.4) is 0 Å². The lowest BCUT2D eigenvalue weighted by atomic mass is 10.1. The molecule has 0 radical (unpaired) electrons. The molecule has 0 saturated carbocycles. The first kappa shape index (κ1) is 18.5. The number of hydrogen-bond donors (Lipinski definition) is 0. The fourth-order valence-electron chi connectivity index (χ4n) is 3.36. The molecule has 4 aromatic heterocycles. The molecule has 148 valence electrons. The van der Waals surface area contributed by atoms with Gasteiger partial charge < -0.3 is 0 Å². The summed E-state index contributed by atoms with van der Waals surface area (Å²) in [5.74, 6) is -0.422. The second-order valence-electron chi connectivity index (χ2n) is 6.79. The summed E-state index contributed by atoms with van der Waals surface area (Å²) in [6, 6.07) is 19.4. The lowest BCUT2D eigenvalue weighted by Gasteiger charge is -2.07. The topological polar surface area (TPSA) is 90.1 Å². The van der Waals surface area contributed by atoms with E-state index in [4.69, 9.17) is 0 Å². The molecule has 7 nitrogen and oxygen atoms in total. The van der Waals surface area contributed by atoms with E-state index in [9.17, 15) is 9.59 Å². The zero-order valence-corrected chi connectivity index (χ0v) is 16.2. The highest BCUT2D eigenvalue weighted by Gasteiger charge is 2.19. The number of carbonyl (C=O) groups is 2. The number of benzene rings is 1. The van der Waals surface area contributed by atoms with Gasteiger partial charge in [0, 0.05) is 29.7 Å². The van der Waals surface area contributed by atoms with Crippen molar-refractivity contribution < 1.29 is 9.59 Å². The highest BCUT2D eigenvalue weighted by atomic mass is 16.1. The molecule has 31 heavy (non-hydrogen) atoms. The van der Waals surface area contributed by atoms with Crippen molar-refractivity contribution in [1.82, 2.24) is 24.6 Å². The first-order valence-corrected chi connectivity index (χ1v) is 9.57. The van der Waals surface area contributed by atoms with E-state index < -0.39 is 0 Å². The Labute approximate surface area is 177 Å². The van der Waals surface area contributed by atoms with Gasteiger partial charge in [-0.05, 0) is 30.3 Å². The number of fused-ring (bicyclic) bond motifs is 1. The van der Waals surface area contributed by atoms with Crippen LogP contribution in [0.25, 0.3) is 16.9 Å². The largest absolute Gasteiger partial charge is 0.287 e. The molecule has 0 spiro atoms. The van der Waals surface area contributed by atoms with E-state index >= 15 is 0 Å². The number of hydrogen-bond acceptors (Lipinski definition) is 6. The lowest BCUT2D eigenvalue weighted by Crippen LogP contribution is -2.06. The Morgan fingerprint density at radius 3 is 2.29 bits per heavy atom. The Morgan fingerprint density at radius 2 is 1.48 bits per heavy atom. The summed E-state index contributed by atoms with van der Waals surface area (Å²) in [5.41, 5.74) is 3.41. The molecule has 0 saturated heterocycles. The first-order valence-electron chi connectivity index (χ1n) is 9.57. The van der Waals surface area contributed by atoms with E-state index in [1.165, 1.54) is 6.20 Å². The Bertz CT molecular complexity index is 1410. The second-order valence-corrected chi connectivity index (χ2v) is 6.79. The van der Waals surface area contributed by atoms with Gasteiger partial charge in [0.1, 0.15) is 11.4 Å². The van der Waals surface area contributed by atoms with E-state index in [0.717, 1.165) is 5.56 Å². The van der Waals surface area contributed by atoms with Crippen LogP contribution in [0.1, 0.15) is 32.1 Å². The number of nitrogens with zero attached hydrogens (tertiary/aromatic N) is 5. The SMILES string of the molecule is O=C(c1ccccc1)c1cc(-c2ccnc3c(C(=O)c4ccccn4)cnn23)ccn1. The molecular weight excluding hydrogens is 390 g/mol. The molecule has 0 aliphatic rings. The van der Waals surface area contributed by atoms with Crippen LogP contribution in [0.5, 0.6) is 0 Å². The van der Waals surface area contributed by atoms with Gasteiger partial charge in [-0.1, -0.05) is 36.4 Å². The van der Waals surface area contributed by atoms with Gasteiger partial charge in [-0.15, -0.1) is 0 Å². The van der Waals surface area contributed by atoms with Crippen molar-refractivity contribution in [3.8, 4) is 11.3 Å². The van der Waals surface area contributed by atoms with Crippen LogP contribution in [-0.4, -0.2) is 36.1 Å². The molecule has 0 N–H and O–H groups in total. The fourth-order valence-corrected chi connectivity index (χ4v) is 3.36. The smallest absolute Gasteiger partial charge is 0.216 e. The van der Waals surface area contributed by atoms with E-state index in [0.29, 0.717) is 33.9 Å². The molecule has 0 aliphatic carbocycles. The predicted molar refractivity (Wildman–Crippen MR) is 114 cm³/mol. The minimum atomic E-state index is -0.255. The van der Waals surface area contributed by atoms with Crippen LogP contribution >= 0.6 is 0 Å². The summed E-state index contributed by atoms with van der Waals surface area (Å²) < 4.78 is 1.59. The summed E-state index contributed by atoms with van der Waals surface area (Å²) in [6.45, 7) is 0. The number of carbonyl (C=O) groups excluding carboxylic acids is 2. The molecule has 7 heteroatoms. The van der Waals surface area contributed by atoms with Crippen molar-refractivity contribution in [3.05, 3.63) is 114 Å². The molecule has 0 bridgehead atoms. The monoisotopic (exact) mass is 405 g/mol. The van der Waals surface area contributed by atoms with Gasteiger partial charge in [-0.25, -0.2) is 9.50 Å². The first-order chi connectivity index (χ1) is 15.2. The number of aromatic nitrogens is 5.